The molecule has 0 aromatic heterocycles. The zero-order chi connectivity index (χ0) is 23.7. The van der Waals surface area contributed by atoms with E-state index in [1.54, 1.807) is 0 Å². The molecule has 0 aliphatic carbocycles. The number of nitrogens with zero attached hydrogens (tertiary/aromatic N) is 2. The summed E-state index contributed by atoms with van der Waals surface area (Å²) in [6.45, 7) is 39.5. The predicted molar refractivity (Wildman–Crippen MR) is 157 cm³/mol. The van der Waals surface area contributed by atoms with E-state index in [4.69, 9.17) is 11.6 Å². The summed E-state index contributed by atoms with van der Waals surface area (Å²) in [6.07, 6.45) is 5.33. The summed E-state index contributed by atoms with van der Waals surface area (Å²) in [5.74, 6) is 0.797. The molecule has 0 spiro atoms. The number of alkyl halides is 1. The molecular weight excluding hydrogens is 452 g/mol. The summed E-state index contributed by atoms with van der Waals surface area (Å²) < 4.78 is 5.61. The van der Waals surface area contributed by atoms with Gasteiger partial charge in [-0.2, -0.15) is 0 Å². The van der Waals surface area contributed by atoms with Gasteiger partial charge in [-0.15, -0.1) is 11.6 Å². The maximum absolute atomic E-state index is 5.75. The molecule has 182 valence electrons. The van der Waals surface area contributed by atoms with Gasteiger partial charge in [0, 0.05) is 5.88 Å². The van der Waals surface area contributed by atoms with Gasteiger partial charge >= 0.3 is 0 Å². The van der Waals surface area contributed by atoms with Crippen molar-refractivity contribution in [1.29, 1.82) is 0 Å². The Hall–Kier alpha value is 0.558. The highest BCUT2D eigenvalue weighted by molar-refractivity contribution is 6.90. The quantitative estimate of drug-likeness (QED) is 0.148. The molecule has 0 radical (unpaired) electrons. The van der Waals surface area contributed by atoms with Crippen LogP contribution in [0.1, 0.15) is 26.7 Å². The van der Waals surface area contributed by atoms with Gasteiger partial charge in [0.1, 0.15) is 32.9 Å². The van der Waals surface area contributed by atoms with Crippen molar-refractivity contribution in [3.8, 4) is 0 Å². The normalized spacial score (nSPS) is 12.9. The van der Waals surface area contributed by atoms with Crippen molar-refractivity contribution in [2.75, 3.05) is 19.0 Å². The fourth-order valence-corrected chi connectivity index (χ4v) is 23.7. The molecule has 0 atom stereocenters. The highest BCUT2D eigenvalue weighted by Gasteiger charge is 2.34. The summed E-state index contributed by atoms with van der Waals surface area (Å²) in [4.78, 5) is 0. The summed E-state index contributed by atoms with van der Waals surface area (Å²) in [6, 6.07) is 0. The Bertz CT molecular complexity index is 455. The van der Waals surface area contributed by atoms with E-state index in [0.29, 0.717) is 0 Å². The standard InChI is InChI=1S/C13H29NSi2.C9H24ClNSi2.CH4/c1-9-13(2)11-10-12-14(15(3,4)5)16(6,7)8;1-12(2,3)11(9-7-8-10)13(4,5)6;/h9H,1-2,10-12H2,3-8H3;7-9H2,1-6H3;1H4. The third-order valence-electron chi connectivity index (χ3n) is 4.92. The van der Waals surface area contributed by atoms with E-state index in [2.05, 4.69) is 100 Å². The van der Waals surface area contributed by atoms with Crippen LogP contribution in [0.2, 0.25) is 78.6 Å². The molecule has 0 saturated carbocycles. The molecule has 0 aromatic carbocycles. The van der Waals surface area contributed by atoms with Crippen molar-refractivity contribution in [1.82, 2.24) is 8.46 Å². The van der Waals surface area contributed by atoms with Crippen LogP contribution in [-0.2, 0) is 0 Å². The fraction of sp³-hybridized carbons (Fsp3) is 0.826. The van der Waals surface area contributed by atoms with Crippen LogP contribution < -0.4 is 0 Å². The van der Waals surface area contributed by atoms with Crippen LogP contribution in [0.3, 0.4) is 0 Å². The summed E-state index contributed by atoms with van der Waals surface area (Å²) >= 11 is 5.75. The summed E-state index contributed by atoms with van der Waals surface area (Å²) in [7, 11) is -4.58. The van der Waals surface area contributed by atoms with Gasteiger partial charge in [-0.3, -0.25) is 0 Å². The zero-order valence-corrected chi connectivity index (χ0v) is 26.8. The van der Waals surface area contributed by atoms with E-state index in [9.17, 15) is 0 Å². The first-order chi connectivity index (χ1) is 12.8. The molecule has 0 fully saturated rings. The Balaban J connectivity index is -0.000000480. The second-order valence-corrected chi connectivity index (χ2v) is 32.8. The van der Waals surface area contributed by atoms with Crippen molar-refractivity contribution in [3.63, 3.8) is 0 Å². The van der Waals surface area contributed by atoms with Crippen molar-refractivity contribution in [2.24, 2.45) is 0 Å². The number of allylic oxidation sites excluding steroid dienone is 2. The Kier molecular flexibility index (Phi) is 17.2. The number of rotatable bonds is 12. The van der Waals surface area contributed by atoms with Gasteiger partial charge in [0.15, 0.2) is 0 Å². The SMILES string of the molecule is C.C=CC(=C)CCCN([Si](C)(C)C)[Si](C)(C)C.C[Si](C)(C)N(CCCCl)[Si](C)(C)C. The van der Waals surface area contributed by atoms with E-state index in [1.807, 2.05) is 6.08 Å². The highest BCUT2D eigenvalue weighted by atomic mass is 35.5. The predicted octanol–water partition coefficient (Wildman–Crippen LogP) is 8.70. The monoisotopic (exact) mass is 508 g/mol. The Morgan fingerprint density at radius 2 is 1.00 bits per heavy atom. The molecule has 0 aliphatic heterocycles. The Morgan fingerprint density at radius 3 is 1.23 bits per heavy atom. The number of hydrogen-bond donors (Lipinski definition) is 0. The number of hydrogen-bond acceptors (Lipinski definition) is 2. The number of halogens is 1. The lowest BCUT2D eigenvalue weighted by atomic mass is 10.2. The lowest BCUT2D eigenvalue weighted by Gasteiger charge is -2.43. The molecule has 0 saturated heterocycles. The first-order valence-corrected chi connectivity index (χ1v) is 25.5. The summed E-state index contributed by atoms with van der Waals surface area (Å²) in [5, 5.41) is 0. The minimum Gasteiger partial charge on any atom is -0.346 e. The molecule has 0 heterocycles. The molecule has 2 nitrogen and oxygen atoms in total. The topological polar surface area (TPSA) is 6.48 Å². The van der Waals surface area contributed by atoms with Crippen LogP contribution in [-0.4, -0.2) is 60.4 Å². The smallest absolute Gasteiger partial charge is 0.112 e. The molecule has 0 N–H and O–H groups in total. The maximum atomic E-state index is 5.75. The molecule has 7 heteroatoms. The van der Waals surface area contributed by atoms with Crippen LogP contribution in [0, 0.1) is 0 Å². The van der Waals surface area contributed by atoms with Crippen molar-refractivity contribution >= 4 is 44.5 Å². The fourth-order valence-electron chi connectivity index (χ4n) is 4.14. The zero-order valence-electron chi connectivity index (χ0n) is 22.0. The van der Waals surface area contributed by atoms with Gasteiger partial charge in [0.2, 0.25) is 0 Å². The van der Waals surface area contributed by atoms with Crippen LogP contribution in [0.5, 0.6) is 0 Å². The highest BCUT2D eigenvalue weighted by Crippen LogP contribution is 2.21. The van der Waals surface area contributed by atoms with Crippen LogP contribution in [0.25, 0.3) is 0 Å². The molecule has 0 amide bonds. The van der Waals surface area contributed by atoms with E-state index in [-0.39, 0.29) is 7.43 Å². The molecule has 0 unspecified atom stereocenters. The van der Waals surface area contributed by atoms with Crippen molar-refractivity contribution in [3.05, 3.63) is 24.8 Å². The minimum atomic E-state index is -1.16. The van der Waals surface area contributed by atoms with Gasteiger partial charge in [0.05, 0.1) is 0 Å². The Morgan fingerprint density at radius 1 is 0.700 bits per heavy atom. The van der Waals surface area contributed by atoms with Gasteiger partial charge in [-0.05, 0) is 32.4 Å². The van der Waals surface area contributed by atoms with Crippen LogP contribution in [0.4, 0.5) is 0 Å². The largest absolute Gasteiger partial charge is 0.346 e. The molecule has 0 aliphatic rings. The van der Waals surface area contributed by atoms with Crippen LogP contribution >= 0.6 is 11.6 Å². The lowest BCUT2D eigenvalue weighted by Crippen LogP contribution is -2.59. The minimum absolute atomic E-state index is 0. The van der Waals surface area contributed by atoms with Gasteiger partial charge < -0.3 is 8.46 Å². The molecular formula is C23H57ClN2Si4. The molecule has 0 aromatic rings. The average Bonchev–Trinajstić information content (AvgIpc) is 2.47. The summed E-state index contributed by atoms with van der Waals surface area (Å²) in [5.41, 5.74) is 1.17. The van der Waals surface area contributed by atoms with E-state index < -0.39 is 32.9 Å². The van der Waals surface area contributed by atoms with E-state index in [0.717, 1.165) is 18.7 Å². The second kappa shape index (κ2) is 14.7. The molecule has 0 bridgehead atoms. The first kappa shape index (κ1) is 35.2. The van der Waals surface area contributed by atoms with E-state index >= 15 is 0 Å². The average molecular weight is 510 g/mol. The van der Waals surface area contributed by atoms with Gasteiger partial charge in [-0.25, -0.2) is 0 Å². The first-order valence-electron chi connectivity index (χ1n) is 11.2. The molecule has 30 heavy (non-hydrogen) atoms. The van der Waals surface area contributed by atoms with Gasteiger partial charge in [-0.1, -0.05) is 111 Å². The second-order valence-electron chi connectivity index (χ2n) is 12.0. The van der Waals surface area contributed by atoms with Crippen molar-refractivity contribution in [2.45, 2.75) is 105 Å². The maximum Gasteiger partial charge on any atom is 0.112 e. The third kappa shape index (κ3) is 16.2. The van der Waals surface area contributed by atoms with Gasteiger partial charge in [0.25, 0.3) is 0 Å². The Labute approximate surface area is 201 Å². The lowest BCUT2D eigenvalue weighted by molar-refractivity contribution is 0.582. The molecule has 0 rings (SSSR count). The van der Waals surface area contributed by atoms with E-state index in [1.165, 1.54) is 25.1 Å². The van der Waals surface area contributed by atoms with Crippen LogP contribution in [0.15, 0.2) is 24.8 Å². The van der Waals surface area contributed by atoms with Crippen molar-refractivity contribution < 1.29 is 0 Å². The third-order valence-corrected chi connectivity index (χ3v) is 20.6.